The number of hydrogen-bond donors (Lipinski definition) is 1. The van der Waals surface area contributed by atoms with Crippen LogP contribution in [0.4, 0.5) is 8.78 Å². The molecule has 1 atom stereocenters. The lowest BCUT2D eigenvalue weighted by Crippen LogP contribution is -2.55. The average molecular weight is 394 g/mol. The van der Waals surface area contributed by atoms with Gasteiger partial charge in [-0.15, -0.1) is 0 Å². The van der Waals surface area contributed by atoms with Gasteiger partial charge in [0.2, 0.25) is 0 Å². The molecule has 0 bridgehead atoms. The molecule has 1 aromatic rings. The summed E-state index contributed by atoms with van der Waals surface area (Å²) in [7, 11) is 0. The summed E-state index contributed by atoms with van der Waals surface area (Å²) in [4.78, 5) is 20.9. The van der Waals surface area contributed by atoms with Crippen LogP contribution in [-0.2, 0) is 16.0 Å². The Morgan fingerprint density at radius 2 is 1.89 bits per heavy atom. The van der Waals surface area contributed by atoms with Gasteiger partial charge in [0.15, 0.2) is 5.96 Å². The smallest absolute Gasteiger partial charge is 0.251 e. The van der Waals surface area contributed by atoms with Crippen LogP contribution in [0.3, 0.4) is 0 Å². The fourth-order valence-electron chi connectivity index (χ4n) is 3.59. The zero-order valence-electron chi connectivity index (χ0n) is 16.3. The molecule has 2 heterocycles. The number of nitrogens with zero attached hydrogens (tertiary/aromatic N) is 3. The van der Waals surface area contributed by atoms with Crippen molar-refractivity contribution in [2.24, 2.45) is 4.99 Å². The van der Waals surface area contributed by atoms with Crippen molar-refractivity contribution in [3.63, 3.8) is 0 Å². The Labute approximate surface area is 164 Å². The monoisotopic (exact) mass is 394 g/mol. The number of ether oxygens (including phenoxy) is 1. The molecule has 28 heavy (non-hydrogen) atoms. The Morgan fingerprint density at radius 3 is 2.50 bits per heavy atom. The first-order chi connectivity index (χ1) is 13.6. The molecule has 8 heteroatoms. The number of amides is 1. The van der Waals surface area contributed by atoms with Gasteiger partial charge in [0.25, 0.3) is 5.91 Å². The summed E-state index contributed by atoms with van der Waals surface area (Å²) in [6.07, 6.45) is 1.65. The van der Waals surface area contributed by atoms with Crippen LogP contribution in [0.25, 0.3) is 0 Å². The Morgan fingerprint density at radius 1 is 1.21 bits per heavy atom. The highest BCUT2D eigenvalue weighted by atomic mass is 19.1. The maximum atomic E-state index is 13.8. The highest BCUT2D eigenvalue weighted by Crippen LogP contribution is 2.16. The second-order valence-corrected chi connectivity index (χ2v) is 7.00. The topological polar surface area (TPSA) is 57.2 Å². The highest BCUT2D eigenvalue weighted by Gasteiger charge is 2.30. The summed E-state index contributed by atoms with van der Waals surface area (Å²) >= 11 is 0. The number of benzene rings is 1. The van der Waals surface area contributed by atoms with Gasteiger partial charge in [0.1, 0.15) is 17.7 Å². The molecule has 1 amide bonds. The summed E-state index contributed by atoms with van der Waals surface area (Å²) < 4.78 is 33.0. The van der Waals surface area contributed by atoms with Crippen LogP contribution < -0.4 is 5.32 Å². The van der Waals surface area contributed by atoms with E-state index in [2.05, 4.69) is 15.2 Å². The van der Waals surface area contributed by atoms with Crippen molar-refractivity contribution in [1.29, 1.82) is 0 Å². The Balaban J connectivity index is 1.55. The SMILES string of the molecule is CCNC(=NCCc1c(F)cccc1F)N1CCN(C(=O)C2CCCO2)CC1. The van der Waals surface area contributed by atoms with Gasteiger partial charge in [-0.2, -0.15) is 0 Å². The third kappa shape index (κ3) is 4.98. The molecule has 6 nitrogen and oxygen atoms in total. The van der Waals surface area contributed by atoms with Crippen molar-refractivity contribution in [1.82, 2.24) is 15.1 Å². The summed E-state index contributed by atoms with van der Waals surface area (Å²) in [6.45, 7) is 6.18. The summed E-state index contributed by atoms with van der Waals surface area (Å²) in [6, 6.07) is 3.88. The van der Waals surface area contributed by atoms with Crippen molar-refractivity contribution in [3.8, 4) is 0 Å². The molecule has 0 saturated carbocycles. The number of aliphatic imine (C=N–C) groups is 1. The molecule has 0 aromatic heterocycles. The molecular weight excluding hydrogens is 366 g/mol. The van der Waals surface area contributed by atoms with E-state index < -0.39 is 11.6 Å². The highest BCUT2D eigenvalue weighted by molar-refractivity contribution is 5.82. The van der Waals surface area contributed by atoms with E-state index in [1.54, 1.807) is 0 Å². The lowest BCUT2D eigenvalue weighted by atomic mass is 10.1. The molecule has 1 N–H and O–H groups in total. The second-order valence-electron chi connectivity index (χ2n) is 7.00. The van der Waals surface area contributed by atoms with Gasteiger partial charge in [-0.25, -0.2) is 8.78 Å². The minimum atomic E-state index is -0.540. The van der Waals surface area contributed by atoms with Gasteiger partial charge in [-0.1, -0.05) is 6.07 Å². The molecule has 2 fully saturated rings. The zero-order valence-corrected chi connectivity index (χ0v) is 16.3. The quantitative estimate of drug-likeness (QED) is 0.611. The average Bonchev–Trinajstić information content (AvgIpc) is 3.24. The standard InChI is InChI=1S/C20H28F2N4O2/c1-2-23-20(24-9-8-15-16(21)5-3-6-17(15)22)26-12-10-25(11-13-26)19(27)18-7-4-14-28-18/h3,5-6,18H,2,4,7-14H2,1H3,(H,23,24). The van der Waals surface area contributed by atoms with Gasteiger partial charge in [-0.05, 0) is 38.3 Å². The molecule has 2 aliphatic heterocycles. The van der Waals surface area contributed by atoms with Gasteiger partial charge in [-0.3, -0.25) is 9.79 Å². The van der Waals surface area contributed by atoms with Crippen molar-refractivity contribution in [2.45, 2.75) is 32.3 Å². The van der Waals surface area contributed by atoms with Gasteiger partial charge in [0.05, 0.1) is 0 Å². The van der Waals surface area contributed by atoms with Crippen LogP contribution in [0.15, 0.2) is 23.2 Å². The molecule has 0 spiro atoms. The van der Waals surface area contributed by atoms with Crippen molar-refractivity contribution in [3.05, 3.63) is 35.4 Å². The first-order valence-corrected chi connectivity index (χ1v) is 9.96. The number of carbonyl (C=O) groups is 1. The Bertz CT molecular complexity index is 679. The second kappa shape index (κ2) is 9.82. The molecular formula is C20H28F2N4O2. The molecule has 3 rings (SSSR count). The van der Waals surface area contributed by atoms with Crippen LogP contribution >= 0.6 is 0 Å². The minimum absolute atomic E-state index is 0.0640. The Hall–Kier alpha value is -2.22. The normalized spacial score (nSPS) is 20.5. The van der Waals surface area contributed by atoms with E-state index in [1.165, 1.54) is 18.2 Å². The molecule has 2 saturated heterocycles. The van der Waals surface area contributed by atoms with Gasteiger partial charge in [0, 0.05) is 51.4 Å². The van der Waals surface area contributed by atoms with E-state index >= 15 is 0 Å². The fourth-order valence-corrected chi connectivity index (χ4v) is 3.59. The maximum absolute atomic E-state index is 13.8. The number of guanidine groups is 1. The van der Waals surface area contributed by atoms with E-state index in [4.69, 9.17) is 4.74 Å². The number of hydrogen-bond acceptors (Lipinski definition) is 3. The number of halogens is 2. The van der Waals surface area contributed by atoms with E-state index in [9.17, 15) is 13.6 Å². The molecule has 1 unspecified atom stereocenters. The lowest BCUT2D eigenvalue weighted by molar-refractivity contribution is -0.142. The van der Waals surface area contributed by atoms with E-state index in [-0.39, 0.29) is 30.5 Å². The first-order valence-electron chi connectivity index (χ1n) is 9.96. The predicted octanol–water partition coefficient (Wildman–Crippen LogP) is 1.80. The molecule has 2 aliphatic rings. The minimum Gasteiger partial charge on any atom is -0.368 e. The van der Waals surface area contributed by atoms with E-state index in [0.29, 0.717) is 45.3 Å². The third-order valence-corrected chi connectivity index (χ3v) is 5.12. The Kier molecular flexibility index (Phi) is 7.19. The van der Waals surface area contributed by atoms with Crippen molar-refractivity contribution in [2.75, 3.05) is 45.9 Å². The van der Waals surface area contributed by atoms with Crippen LogP contribution in [0.5, 0.6) is 0 Å². The van der Waals surface area contributed by atoms with E-state index in [1.807, 2.05) is 11.8 Å². The van der Waals surface area contributed by atoms with Crippen LogP contribution in [-0.4, -0.2) is 73.6 Å². The molecule has 154 valence electrons. The summed E-state index contributed by atoms with van der Waals surface area (Å²) in [5.74, 6) is -0.291. The molecule has 0 aliphatic carbocycles. The van der Waals surface area contributed by atoms with E-state index in [0.717, 1.165) is 12.8 Å². The first kappa shape index (κ1) is 20.5. The molecule has 1 aromatic carbocycles. The van der Waals surface area contributed by atoms with Crippen LogP contribution in [0.2, 0.25) is 0 Å². The summed E-state index contributed by atoms with van der Waals surface area (Å²) in [5.41, 5.74) is 0.0640. The number of rotatable bonds is 5. The number of carbonyl (C=O) groups excluding carboxylic acids is 1. The van der Waals surface area contributed by atoms with Crippen LogP contribution in [0.1, 0.15) is 25.3 Å². The zero-order chi connectivity index (χ0) is 19.9. The van der Waals surface area contributed by atoms with Gasteiger partial charge >= 0.3 is 0 Å². The lowest BCUT2D eigenvalue weighted by Gasteiger charge is -2.37. The third-order valence-electron chi connectivity index (χ3n) is 5.12. The number of piperazine rings is 1. The summed E-state index contributed by atoms with van der Waals surface area (Å²) in [5, 5.41) is 3.23. The maximum Gasteiger partial charge on any atom is 0.251 e. The van der Waals surface area contributed by atoms with Crippen LogP contribution in [0, 0.1) is 11.6 Å². The predicted molar refractivity (Wildman–Crippen MR) is 103 cm³/mol. The molecule has 0 radical (unpaired) electrons. The van der Waals surface area contributed by atoms with Crippen molar-refractivity contribution >= 4 is 11.9 Å². The van der Waals surface area contributed by atoms with Gasteiger partial charge < -0.3 is 19.9 Å². The fraction of sp³-hybridized carbons (Fsp3) is 0.600. The van der Waals surface area contributed by atoms with Crippen molar-refractivity contribution < 1.29 is 18.3 Å². The number of nitrogens with one attached hydrogen (secondary N) is 1. The largest absolute Gasteiger partial charge is 0.368 e.